The van der Waals surface area contributed by atoms with E-state index in [4.69, 9.17) is 23.8 Å². The summed E-state index contributed by atoms with van der Waals surface area (Å²) in [5.74, 6) is 1.79. The topological polar surface area (TPSA) is 68.2 Å². The van der Waals surface area contributed by atoms with E-state index in [1.807, 2.05) is 91.0 Å². The van der Waals surface area contributed by atoms with Gasteiger partial charge in [-0.25, -0.2) is 15.0 Å². The molecule has 0 bridgehead atoms. The van der Waals surface area contributed by atoms with E-state index in [1.165, 1.54) is 0 Å². The minimum atomic E-state index is 0.576. The Morgan fingerprint density at radius 3 is 1.52 bits per heavy atom. The number of para-hydroxylation sites is 2. The molecule has 0 fully saturated rings. The molecule has 0 aliphatic rings. The smallest absolute Gasteiger partial charge is 0.164 e. The molecule has 12 rings (SSSR count). The Balaban J connectivity index is 1.07. The van der Waals surface area contributed by atoms with Crippen LogP contribution in [-0.2, 0) is 0 Å². The van der Waals surface area contributed by atoms with E-state index >= 15 is 0 Å². The minimum absolute atomic E-state index is 0.576. The van der Waals surface area contributed by atoms with Gasteiger partial charge in [-0.1, -0.05) is 158 Å². The van der Waals surface area contributed by atoms with Crippen LogP contribution in [0.15, 0.2) is 215 Å². The average Bonchev–Trinajstić information content (AvgIpc) is 3.92. The normalized spacial score (nSPS) is 11.6. The zero-order chi connectivity index (χ0) is 40.3. The van der Waals surface area contributed by atoms with Gasteiger partial charge in [0.05, 0.1) is 5.69 Å². The molecule has 0 spiro atoms. The summed E-state index contributed by atoms with van der Waals surface area (Å²) < 4.78 is 13.1. The highest BCUT2D eigenvalue weighted by molar-refractivity contribution is 6.22. The molecule has 0 radical (unpaired) electrons. The maximum atomic E-state index is 6.83. The monoisotopic (exact) mass is 782 g/mol. The van der Waals surface area contributed by atoms with Gasteiger partial charge in [-0.05, 0) is 59.7 Å². The van der Waals surface area contributed by atoms with Crippen molar-refractivity contribution in [2.45, 2.75) is 0 Å². The lowest BCUT2D eigenvalue weighted by atomic mass is 9.98. The lowest BCUT2D eigenvalue weighted by Crippen LogP contribution is -2.10. The van der Waals surface area contributed by atoms with Gasteiger partial charge >= 0.3 is 0 Å². The van der Waals surface area contributed by atoms with Crippen LogP contribution < -0.4 is 4.90 Å². The van der Waals surface area contributed by atoms with Gasteiger partial charge in [-0.15, -0.1) is 0 Å². The Morgan fingerprint density at radius 2 is 0.836 bits per heavy atom. The minimum Gasteiger partial charge on any atom is -0.456 e. The number of hydrogen-bond acceptors (Lipinski definition) is 6. The van der Waals surface area contributed by atoms with Gasteiger partial charge in [-0.2, -0.15) is 0 Å². The average molecular weight is 783 g/mol. The number of nitrogens with zero attached hydrogens (tertiary/aromatic N) is 4. The number of hydrogen-bond donors (Lipinski definition) is 0. The molecule has 9 aromatic carbocycles. The second-order valence-electron chi connectivity index (χ2n) is 15.1. The summed E-state index contributed by atoms with van der Waals surface area (Å²) in [7, 11) is 0. The van der Waals surface area contributed by atoms with Gasteiger partial charge in [0.1, 0.15) is 22.3 Å². The predicted octanol–water partition coefficient (Wildman–Crippen LogP) is 15.0. The van der Waals surface area contributed by atoms with Crippen LogP contribution in [0.4, 0.5) is 17.1 Å². The zero-order valence-corrected chi connectivity index (χ0v) is 32.7. The summed E-state index contributed by atoms with van der Waals surface area (Å²) in [6.45, 7) is 0. The second kappa shape index (κ2) is 14.2. The lowest BCUT2D eigenvalue weighted by molar-refractivity contribution is 0.669. The van der Waals surface area contributed by atoms with Crippen LogP contribution in [-0.4, -0.2) is 15.0 Å². The molecule has 0 saturated carbocycles. The van der Waals surface area contributed by atoms with Crippen molar-refractivity contribution in [3.05, 3.63) is 206 Å². The highest BCUT2D eigenvalue weighted by atomic mass is 16.3. The highest BCUT2D eigenvalue weighted by Crippen LogP contribution is 2.47. The number of fused-ring (bicyclic) bond motifs is 8. The Hall–Kier alpha value is -8.35. The van der Waals surface area contributed by atoms with E-state index in [2.05, 4.69) is 120 Å². The van der Waals surface area contributed by atoms with Crippen molar-refractivity contribution in [3.63, 3.8) is 0 Å². The second-order valence-corrected chi connectivity index (χ2v) is 15.1. The fourth-order valence-corrected chi connectivity index (χ4v) is 8.74. The van der Waals surface area contributed by atoms with Gasteiger partial charge in [0.2, 0.25) is 0 Å². The van der Waals surface area contributed by atoms with E-state index in [-0.39, 0.29) is 0 Å². The fourth-order valence-electron chi connectivity index (χ4n) is 8.74. The molecule has 0 amide bonds. The van der Waals surface area contributed by atoms with Crippen LogP contribution in [0.1, 0.15) is 0 Å². The van der Waals surface area contributed by atoms with Gasteiger partial charge in [0, 0.05) is 60.4 Å². The molecule has 0 saturated heterocycles. The summed E-state index contributed by atoms with van der Waals surface area (Å²) in [6, 6.07) is 71.0. The van der Waals surface area contributed by atoms with Crippen molar-refractivity contribution in [2.75, 3.05) is 4.90 Å². The van der Waals surface area contributed by atoms with E-state index in [1.54, 1.807) is 0 Å². The molecule has 3 aromatic heterocycles. The Kier molecular flexibility index (Phi) is 8.06. The van der Waals surface area contributed by atoms with Crippen molar-refractivity contribution in [1.82, 2.24) is 15.0 Å². The van der Waals surface area contributed by atoms with Gasteiger partial charge in [0.15, 0.2) is 17.5 Å². The number of anilines is 3. The summed E-state index contributed by atoms with van der Waals surface area (Å²) in [5.41, 5.74) is 11.4. The Labute approximate surface area is 350 Å². The first-order chi connectivity index (χ1) is 30.2. The maximum absolute atomic E-state index is 6.83. The first-order valence-electron chi connectivity index (χ1n) is 20.4. The van der Waals surface area contributed by atoms with Crippen LogP contribution in [0.25, 0.3) is 99.9 Å². The van der Waals surface area contributed by atoms with Gasteiger partial charge < -0.3 is 13.7 Å². The Morgan fingerprint density at radius 1 is 0.328 bits per heavy atom. The van der Waals surface area contributed by atoms with Crippen molar-refractivity contribution in [2.24, 2.45) is 0 Å². The Bertz CT molecular complexity index is 3520. The summed E-state index contributed by atoms with van der Waals surface area (Å²) >= 11 is 0. The molecule has 61 heavy (non-hydrogen) atoms. The molecule has 0 aliphatic carbocycles. The lowest BCUT2D eigenvalue weighted by Gasteiger charge is -2.27. The van der Waals surface area contributed by atoms with E-state index in [0.717, 1.165) is 99.5 Å². The van der Waals surface area contributed by atoms with Crippen LogP contribution in [0.3, 0.4) is 0 Å². The zero-order valence-electron chi connectivity index (χ0n) is 32.7. The largest absolute Gasteiger partial charge is 0.456 e. The first-order valence-corrected chi connectivity index (χ1v) is 20.4. The fraction of sp³-hybridized carbons (Fsp3) is 0. The molecule has 6 heteroatoms. The quantitative estimate of drug-likeness (QED) is 0.160. The van der Waals surface area contributed by atoms with Crippen LogP contribution in [0, 0.1) is 0 Å². The van der Waals surface area contributed by atoms with Crippen molar-refractivity contribution >= 4 is 71.7 Å². The number of rotatable bonds is 7. The predicted molar refractivity (Wildman–Crippen MR) is 248 cm³/mol. The first kappa shape index (κ1) is 34.7. The van der Waals surface area contributed by atoms with Gasteiger partial charge in [0.25, 0.3) is 0 Å². The molecule has 6 nitrogen and oxygen atoms in total. The highest BCUT2D eigenvalue weighted by Gasteiger charge is 2.23. The molecule has 12 aromatic rings. The van der Waals surface area contributed by atoms with Crippen molar-refractivity contribution in [1.29, 1.82) is 0 Å². The third-order valence-electron chi connectivity index (χ3n) is 11.5. The number of furan rings is 2. The molecule has 0 unspecified atom stereocenters. The molecule has 0 aliphatic heterocycles. The molecule has 0 atom stereocenters. The summed E-state index contributed by atoms with van der Waals surface area (Å²) in [6.07, 6.45) is 0. The van der Waals surface area contributed by atoms with Crippen LogP contribution in [0.2, 0.25) is 0 Å². The standard InChI is InChI=1S/C55H34N4O2/c1-4-16-36(17-5-1)53-56-54(37-18-6-2-7-19-37)58-55(57-53)44-26-15-29-49-51(44)45-34-46(41-22-10-11-23-42(41)52(45)61-49)59(38-20-8-3-9-21-38)39-32-30-35(31-33-39)40-25-14-28-48-50(40)43-24-12-13-27-47(43)60-48/h1-34H. The summed E-state index contributed by atoms with van der Waals surface area (Å²) in [4.78, 5) is 17.6. The third-order valence-corrected chi connectivity index (χ3v) is 11.5. The molecule has 3 heterocycles. The molecular weight excluding hydrogens is 749 g/mol. The van der Waals surface area contributed by atoms with E-state index in [0.29, 0.717) is 17.5 Å². The number of benzene rings is 9. The molecule has 0 N–H and O–H groups in total. The number of aromatic nitrogens is 3. The molecule has 286 valence electrons. The third kappa shape index (κ3) is 5.84. The van der Waals surface area contributed by atoms with Crippen LogP contribution in [0.5, 0.6) is 0 Å². The summed E-state index contributed by atoms with van der Waals surface area (Å²) in [5, 5.41) is 6.22. The van der Waals surface area contributed by atoms with E-state index < -0.39 is 0 Å². The van der Waals surface area contributed by atoms with Crippen molar-refractivity contribution in [3.8, 4) is 45.3 Å². The maximum Gasteiger partial charge on any atom is 0.164 e. The SMILES string of the molecule is c1ccc(-c2nc(-c3ccccc3)nc(-c3cccc4oc5c6ccccc6c(N(c6ccccc6)c6ccc(-c7cccc8oc9ccccc9c78)cc6)cc5c34)n2)cc1. The van der Waals surface area contributed by atoms with Crippen molar-refractivity contribution < 1.29 is 8.83 Å². The van der Waals surface area contributed by atoms with Gasteiger partial charge in [-0.3, -0.25) is 0 Å². The van der Waals surface area contributed by atoms with Crippen LogP contribution >= 0.6 is 0 Å². The van der Waals surface area contributed by atoms with E-state index in [9.17, 15) is 0 Å². The molecular formula is C55H34N4O2.